The van der Waals surface area contributed by atoms with E-state index in [2.05, 4.69) is 89.8 Å². The van der Waals surface area contributed by atoms with Crippen LogP contribution in [0.4, 0.5) is 4.79 Å². The van der Waals surface area contributed by atoms with E-state index in [-0.39, 0.29) is 17.6 Å². The molecule has 3 aromatic carbocycles. The van der Waals surface area contributed by atoms with Gasteiger partial charge < -0.3 is 14.4 Å². The fraction of sp³-hybridized carbons (Fsp3) is 0.457. The van der Waals surface area contributed by atoms with Gasteiger partial charge in [-0.25, -0.2) is 4.79 Å². The maximum Gasteiger partial charge on any atom is 0.409 e. The lowest BCUT2D eigenvalue weighted by Gasteiger charge is -2.54. The minimum Gasteiger partial charge on any atom is -0.453 e. The second-order valence-corrected chi connectivity index (χ2v) is 11.9. The van der Waals surface area contributed by atoms with Crippen molar-refractivity contribution in [3.63, 3.8) is 0 Å². The van der Waals surface area contributed by atoms with Gasteiger partial charge in [0, 0.05) is 25.0 Å². The van der Waals surface area contributed by atoms with Gasteiger partial charge in [-0.15, -0.1) is 0 Å². The standard InChI is InChI=1S/C35H42N2O3/c1-39-34(38)37-24-29-15-8-9-16-31(29)35(26-37,30-19-21-36(22-20-30)23-27-11-4-2-5-12-27)32-17-10-18-33(32)40-25-28-13-6-3-7-14-28/h2-9,11-16,30,32-33H,10,17-26H2,1H3. The number of hydrogen-bond acceptors (Lipinski definition) is 4. The summed E-state index contributed by atoms with van der Waals surface area (Å²) in [5, 5.41) is 0. The van der Waals surface area contributed by atoms with Crippen molar-refractivity contribution >= 4 is 6.09 Å². The molecule has 3 unspecified atom stereocenters. The van der Waals surface area contributed by atoms with Crippen LogP contribution < -0.4 is 0 Å². The number of likely N-dealkylation sites (tertiary alicyclic amines) is 1. The Labute approximate surface area is 239 Å². The van der Waals surface area contributed by atoms with Crippen molar-refractivity contribution in [2.75, 3.05) is 26.7 Å². The molecule has 2 heterocycles. The molecule has 5 nitrogen and oxygen atoms in total. The Balaban J connectivity index is 1.32. The van der Waals surface area contributed by atoms with E-state index in [1.54, 1.807) is 0 Å². The maximum absolute atomic E-state index is 13.1. The van der Waals surface area contributed by atoms with Crippen LogP contribution in [0.1, 0.15) is 54.4 Å². The Hall–Kier alpha value is -3.15. The third-order valence-electron chi connectivity index (χ3n) is 9.75. The van der Waals surface area contributed by atoms with Crippen molar-refractivity contribution in [2.24, 2.45) is 11.8 Å². The molecule has 2 aliphatic heterocycles. The molecule has 1 amide bonds. The van der Waals surface area contributed by atoms with E-state index in [1.165, 1.54) is 35.8 Å². The number of fused-ring (bicyclic) bond motifs is 1. The number of carbonyl (C=O) groups excluding carboxylic acids is 1. The number of benzene rings is 3. The Morgan fingerprint density at radius 2 is 1.52 bits per heavy atom. The summed E-state index contributed by atoms with van der Waals surface area (Å²) >= 11 is 0. The summed E-state index contributed by atoms with van der Waals surface area (Å²) < 4.78 is 12.1. The zero-order chi connectivity index (χ0) is 27.4. The highest BCUT2D eigenvalue weighted by molar-refractivity contribution is 5.68. The first-order valence-corrected chi connectivity index (χ1v) is 15.0. The smallest absolute Gasteiger partial charge is 0.409 e. The summed E-state index contributed by atoms with van der Waals surface area (Å²) in [6, 6.07) is 30.2. The molecule has 1 saturated heterocycles. The molecule has 0 spiro atoms. The molecule has 0 bridgehead atoms. The molecule has 3 aromatic rings. The molecule has 1 aliphatic carbocycles. The molecule has 0 N–H and O–H groups in total. The Morgan fingerprint density at radius 1 is 0.850 bits per heavy atom. The number of hydrogen-bond donors (Lipinski definition) is 0. The van der Waals surface area contributed by atoms with Crippen molar-refractivity contribution < 1.29 is 14.3 Å². The van der Waals surface area contributed by atoms with Crippen LogP contribution in [0, 0.1) is 11.8 Å². The summed E-state index contributed by atoms with van der Waals surface area (Å²) in [7, 11) is 1.51. The zero-order valence-corrected chi connectivity index (χ0v) is 23.7. The Morgan fingerprint density at radius 3 is 2.25 bits per heavy atom. The van der Waals surface area contributed by atoms with Crippen molar-refractivity contribution in [3.05, 3.63) is 107 Å². The minimum absolute atomic E-state index is 0.153. The molecule has 1 saturated carbocycles. The quantitative estimate of drug-likeness (QED) is 0.332. The maximum atomic E-state index is 13.1. The van der Waals surface area contributed by atoms with Crippen LogP contribution in [-0.2, 0) is 34.6 Å². The van der Waals surface area contributed by atoms with E-state index in [0.29, 0.717) is 31.5 Å². The lowest BCUT2D eigenvalue weighted by molar-refractivity contribution is -0.0456. The highest BCUT2D eigenvalue weighted by Crippen LogP contribution is 2.54. The highest BCUT2D eigenvalue weighted by Gasteiger charge is 2.55. The lowest BCUT2D eigenvalue weighted by atomic mass is 9.56. The molecule has 5 heteroatoms. The summed E-state index contributed by atoms with van der Waals surface area (Å²) in [5.74, 6) is 0.828. The number of piperidine rings is 1. The third-order valence-corrected chi connectivity index (χ3v) is 9.75. The number of nitrogens with zero attached hydrogens (tertiary/aromatic N) is 2. The van der Waals surface area contributed by atoms with Crippen LogP contribution in [-0.4, -0.2) is 48.7 Å². The summed E-state index contributed by atoms with van der Waals surface area (Å²) in [4.78, 5) is 17.6. The average molecular weight is 539 g/mol. The monoisotopic (exact) mass is 538 g/mol. The SMILES string of the molecule is COC(=O)N1Cc2ccccc2C(C2CCN(Cc3ccccc3)CC2)(C2CCCC2OCc2ccccc2)C1. The first kappa shape index (κ1) is 27.0. The first-order valence-electron chi connectivity index (χ1n) is 15.0. The predicted octanol–water partition coefficient (Wildman–Crippen LogP) is 6.80. The van der Waals surface area contributed by atoms with Crippen LogP contribution in [0.25, 0.3) is 0 Å². The third kappa shape index (κ3) is 5.42. The van der Waals surface area contributed by atoms with Crippen molar-refractivity contribution in [1.82, 2.24) is 9.80 Å². The van der Waals surface area contributed by atoms with Gasteiger partial charge in [0.05, 0.1) is 19.8 Å². The van der Waals surface area contributed by atoms with Gasteiger partial charge in [0.1, 0.15) is 0 Å². The molecular formula is C35H42N2O3. The Kier molecular flexibility index (Phi) is 8.22. The molecule has 2 fully saturated rings. The van der Waals surface area contributed by atoms with E-state index in [4.69, 9.17) is 9.47 Å². The van der Waals surface area contributed by atoms with E-state index in [1.807, 2.05) is 4.90 Å². The van der Waals surface area contributed by atoms with Gasteiger partial charge >= 0.3 is 6.09 Å². The number of carbonyl (C=O) groups is 1. The largest absolute Gasteiger partial charge is 0.453 e. The van der Waals surface area contributed by atoms with Crippen LogP contribution in [0.2, 0.25) is 0 Å². The van der Waals surface area contributed by atoms with Crippen LogP contribution in [0.5, 0.6) is 0 Å². The highest BCUT2D eigenvalue weighted by atomic mass is 16.5. The average Bonchev–Trinajstić information content (AvgIpc) is 3.49. The fourth-order valence-electron chi connectivity index (χ4n) is 7.94. The van der Waals surface area contributed by atoms with E-state index < -0.39 is 0 Å². The molecular weight excluding hydrogens is 496 g/mol. The van der Waals surface area contributed by atoms with Crippen LogP contribution >= 0.6 is 0 Å². The molecule has 0 aromatic heterocycles. The van der Waals surface area contributed by atoms with Crippen molar-refractivity contribution in [1.29, 1.82) is 0 Å². The molecule has 40 heavy (non-hydrogen) atoms. The Bertz CT molecular complexity index is 1260. The summed E-state index contributed by atoms with van der Waals surface area (Å²) in [6.07, 6.45) is 5.57. The first-order chi connectivity index (χ1) is 19.7. The zero-order valence-electron chi connectivity index (χ0n) is 23.7. The van der Waals surface area contributed by atoms with Gasteiger partial charge in [-0.3, -0.25) is 4.90 Å². The number of rotatable bonds is 7. The molecule has 3 atom stereocenters. The second-order valence-electron chi connectivity index (χ2n) is 11.9. The van der Waals surface area contributed by atoms with Gasteiger partial charge in [0.15, 0.2) is 0 Å². The second kappa shape index (κ2) is 12.2. The molecule has 0 radical (unpaired) electrons. The van der Waals surface area contributed by atoms with E-state index in [9.17, 15) is 4.79 Å². The van der Waals surface area contributed by atoms with Gasteiger partial charge in [0.25, 0.3) is 0 Å². The minimum atomic E-state index is -0.222. The van der Waals surface area contributed by atoms with Gasteiger partial charge in [-0.1, -0.05) is 91.3 Å². The molecule has 210 valence electrons. The summed E-state index contributed by atoms with van der Waals surface area (Å²) in [5.41, 5.74) is 5.15. The van der Waals surface area contributed by atoms with Gasteiger partial charge in [-0.2, -0.15) is 0 Å². The van der Waals surface area contributed by atoms with Gasteiger partial charge in [0.2, 0.25) is 0 Å². The fourth-order valence-corrected chi connectivity index (χ4v) is 7.94. The van der Waals surface area contributed by atoms with E-state index >= 15 is 0 Å². The number of ether oxygens (including phenoxy) is 2. The number of amides is 1. The van der Waals surface area contributed by atoms with Crippen molar-refractivity contribution in [2.45, 2.75) is 63.3 Å². The lowest BCUT2D eigenvalue weighted by Crippen LogP contribution is -2.59. The van der Waals surface area contributed by atoms with Crippen LogP contribution in [0.15, 0.2) is 84.9 Å². The molecule has 6 rings (SSSR count). The normalized spacial score (nSPS) is 25.5. The predicted molar refractivity (Wildman–Crippen MR) is 158 cm³/mol. The number of methoxy groups -OCH3 is 1. The van der Waals surface area contributed by atoms with Crippen LogP contribution in [0.3, 0.4) is 0 Å². The summed E-state index contributed by atoms with van der Waals surface area (Å²) in [6.45, 7) is 5.09. The van der Waals surface area contributed by atoms with Gasteiger partial charge in [-0.05, 0) is 72.9 Å². The van der Waals surface area contributed by atoms with E-state index in [0.717, 1.165) is 45.3 Å². The topological polar surface area (TPSA) is 42.0 Å². The van der Waals surface area contributed by atoms with Crippen molar-refractivity contribution in [3.8, 4) is 0 Å². The molecule has 3 aliphatic rings.